The second-order valence-electron chi connectivity index (χ2n) is 0.710. The maximum atomic E-state index is 8.07. The zero-order valence-electron chi connectivity index (χ0n) is 2.95. The van der Waals surface area contributed by atoms with Gasteiger partial charge in [0.25, 0.3) is 0 Å². The Bertz CT molecular complexity index is 102. The Morgan fingerprint density at radius 2 is 1.29 bits per heavy atom. The molecule has 0 spiro atoms. The van der Waals surface area contributed by atoms with Gasteiger partial charge in [0.15, 0.2) is 0 Å². The molecule has 0 aliphatic rings. The van der Waals surface area contributed by atoms with E-state index in [2.05, 4.69) is 0 Å². The van der Waals surface area contributed by atoms with Gasteiger partial charge in [-0.25, -0.2) is 0 Å². The van der Waals surface area contributed by atoms with Gasteiger partial charge in [-0.05, 0) is 21.4 Å². The molecule has 0 heterocycles. The molecule has 0 bridgehead atoms. The second kappa shape index (κ2) is 2.69. The van der Waals surface area contributed by atoms with Crippen LogP contribution in [0.2, 0.25) is 0 Å². The quantitative estimate of drug-likeness (QED) is 0.483. The first-order valence-corrected chi connectivity index (χ1v) is 6.22. The average molecular weight is 185 g/mol. The van der Waals surface area contributed by atoms with Crippen LogP contribution in [0.1, 0.15) is 0 Å². The third kappa shape index (κ3) is 3.79. The van der Waals surface area contributed by atoms with Crippen molar-refractivity contribution in [2.75, 3.05) is 0 Å². The molecule has 0 atom stereocenters. The van der Waals surface area contributed by atoms with Crippen LogP contribution in [0.4, 0.5) is 0 Å². The van der Waals surface area contributed by atoms with Crippen molar-refractivity contribution >= 4 is 36.6 Å². The van der Waals surface area contributed by atoms with Gasteiger partial charge in [0, 0.05) is 0 Å². The molecule has 46 valence electrons. The molecule has 0 aliphatic carbocycles. The molecule has 7 heavy (non-hydrogen) atoms. The lowest BCUT2D eigenvalue weighted by Gasteiger charge is -1.98. The Morgan fingerprint density at radius 1 is 1.14 bits per heavy atom. The highest BCUT2D eigenvalue weighted by Crippen LogP contribution is 2.39. The second-order valence-corrected chi connectivity index (χ2v) is 8.31. The first kappa shape index (κ1) is 8.24. The highest BCUT2D eigenvalue weighted by Gasteiger charge is 2.06. The number of halogens is 2. The molecule has 0 aromatic carbocycles. The topological polar surface area (TPSA) is 60.7 Å². The monoisotopic (exact) mass is 184 g/mol. The average Bonchev–Trinajstić information content (AvgIpc) is 1.31. The Balaban J connectivity index is 4.28. The van der Waals surface area contributed by atoms with Gasteiger partial charge < -0.3 is 14.7 Å². The van der Waals surface area contributed by atoms with Crippen LogP contribution in [0, 0.1) is 0 Å². The molecule has 7 heteroatoms. The van der Waals surface area contributed by atoms with Gasteiger partial charge in [-0.3, -0.25) is 0 Å². The summed E-state index contributed by atoms with van der Waals surface area (Å²) < 4.78 is 0. The van der Waals surface area contributed by atoms with Gasteiger partial charge in [0.05, 0.1) is 8.50 Å². The zero-order chi connectivity index (χ0) is 6.08. The number of rotatable bonds is 0. The van der Waals surface area contributed by atoms with Gasteiger partial charge in [-0.1, -0.05) is 0 Å². The fourth-order valence-electron chi connectivity index (χ4n) is 0. The van der Waals surface area contributed by atoms with E-state index in [9.17, 15) is 0 Å². The van der Waals surface area contributed by atoms with Crippen LogP contribution in [-0.2, 0) is 8.50 Å². The minimum absolute atomic E-state index is 1.71. The summed E-state index contributed by atoms with van der Waals surface area (Å²) >= 11 is 0. The van der Waals surface area contributed by atoms with E-state index in [0.29, 0.717) is 0 Å². The minimum atomic E-state index is -3.93. The van der Waals surface area contributed by atoms with Crippen molar-refractivity contribution in [3.8, 4) is 0 Å². The van der Waals surface area contributed by atoms with Crippen molar-refractivity contribution in [1.82, 2.24) is 0 Å². The lowest BCUT2D eigenvalue weighted by Crippen LogP contribution is -1.74. The molecule has 0 saturated carbocycles. The Labute approximate surface area is 51.7 Å². The Morgan fingerprint density at radius 3 is 1.29 bits per heavy atom. The summed E-state index contributed by atoms with van der Waals surface area (Å²) in [6.07, 6.45) is 0. The standard InChI is InChI=1S/Cl2H3O3PS/c1-7(2)6(3,4)5/h3-5H. The van der Waals surface area contributed by atoms with Crippen LogP contribution in [0.3, 0.4) is 0 Å². The van der Waals surface area contributed by atoms with Crippen LogP contribution in [-0.4, -0.2) is 14.7 Å². The third-order valence-corrected chi connectivity index (χ3v) is 5.00. The predicted octanol–water partition coefficient (Wildman–Crippen LogP) is 0.567. The van der Waals surface area contributed by atoms with E-state index in [-0.39, 0.29) is 0 Å². The molecule has 0 unspecified atom stereocenters. The molecular weight excluding hydrogens is 182 g/mol. The van der Waals surface area contributed by atoms with Gasteiger partial charge >= 0.3 is 6.72 Å². The Hall–Kier alpha value is 1.24. The minimum Gasteiger partial charge on any atom is -0.327 e. The largest absolute Gasteiger partial charge is 0.327 e. The van der Waals surface area contributed by atoms with Gasteiger partial charge in [0.2, 0.25) is 0 Å². The number of hydrogen-bond acceptors (Lipinski definition) is 0. The molecule has 0 fully saturated rings. The fourth-order valence-corrected chi connectivity index (χ4v) is 0. The van der Waals surface area contributed by atoms with Crippen molar-refractivity contribution in [3.63, 3.8) is 0 Å². The molecule has 0 aromatic heterocycles. The lowest BCUT2D eigenvalue weighted by molar-refractivity contribution is 0.363. The summed E-state index contributed by atoms with van der Waals surface area (Å²) in [4.78, 5) is 24.2. The molecule has 3 nitrogen and oxygen atoms in total. The summed E-state index contributed by atoms with van der Waals surface area (Å²) in [7, 11) is 7.98. The van der Waals surface area contributed by atoms with Crippen LogP contribution < -0.4 is 0 Å². The summed E-state index contributed by atoms with van der Waals surface area (Å²) in [5, 5.41) is 0. The molecule has 0 radical (unpaired) electrons. The highest BCUT2D eigenvalue weighted by molar-refractivity contribution is 8.53. The van der Waals surface area contributed by atoms with Crippen LogP contribution in [0.5, 0.6) is 0 Å². The van der Waals surface area contributed by atoms with E-state index < -0.39 is 15.2 Å². The SMILES string of the molecule is OP(O)(O)=S(Cl)Cl. The maximum Gasteiger partial charge on any atom is 0.306 e. The first-order chi connectivity index (χ1) is 2.94. The number of hydrogen-bond donors (Lipinski definition) is 3. The van der Waals surface area contributed by atoms with Gasteiger partial charge in [-0.2, -0.15) is 0 Å². The normalized spacial score (nSPS) is 12.9. The van der Waals surface area contributed by atoms with Crippen molar-refractivity contribution < 1.29 is 14.7 Å². The summed E-state index contributed by atoms with van der Waals surface area (Å²) in [5.41, 5.74) is 0. The molecule has 0 rings (SSSR count). The van der Waals surface area contributed by atoms with Crippen molar-refractivity contribution in [2.24, 2.45) is 0 Å². The van der Waals surface area contributed by atoms with Crippen LogP contribution >= 0.6 is 28.1 Å². The van der Waals surface area contributed by atoms with Crippen molar-refractivity contribution in [2.45, 2.75) is 0 Å². The van der Waals surface area contributed by atoms with E-state index in [4.69, 9.17) is 36.0 Å². The molecular formula is H3Cl2O3PS. The fraction of sp³-hybridized carbons (Fsp3) is 0. The Kier molecular flexibility index (Phi) is 3.16. The smallest absolute Gasteiger partial charge is 0.306 e. The van der Waals surface area contributed by atoms with Gasteiger partial charge in [-0.15, -0.1) is 0 Å². The summed E-state index contributed by atoms with van der Waals surface area (Å²) in [6, 6.07) is 0. The van der Waals surface area contributed by atoms with Gasteiger partial charge in [0.1, 0.15) is 0 Å². The zero-order valence-corrected chi connectivity index (χ0v) is 6.18. The van der Waals surface area contributed by atoms with Crippen molar-refractivity contribution in [1.29, 1.82) is 0 Å². The van der Waals surface area contributed by atoms with E-state index in [1.54, 1.807) is 0 Å². The molecule has 0 amide bonds. The first-order valence-electron chi connectivity index (χ1n) is 1.09. The van der Waals surface area contributed by atoms with Crippen LogP contribution in [0.15, 0.2) is 0 Å². The van der Waals surface area contributed by atoms with E-state index >= 15 is 0 Å². The van der Waals surface area contributed by atoms with E-state index in [0.717, 1.165) is 0 Å². The van der Waals surface area contributed by atoms with E-state index in [1.807, 2.05) is 0 Å². The summed E-state index contributed by atoms with van der Waals surface area (Å²) in [5.74, 6) is 0. The molecule has 0 saturated heterocycles. The van der Waals surface area contributed by atoms with Crippen molar-refractivity contribution in [3.05, 3.63) is 0 Å². The maximum absolute atomic E-state index is 8.07. The molecule has 0 aliphatic heterocycles. The molecule has 0 aromatic rings. The highest BCUT2D eigenvalue weighted by atomic mass is 36.0. The lowest BCUT2D eigenvalue weighted by atomic mass is 15.8. The van der Waals surface area contributed by atoms with Crippen LogP contribution in [0.25, 0.3) is 0 Å². The summed E-state index contributed by atoms with van der Waals surface area (Å²) in [6.45, 7) is -3.93. The van der Waals surface area contributed by atoms with E-state index in [1.165, 1.54) is 0 Å². The predicted molar refractivity (Wildman–Crippen MR) is 32.6 cm³/mol. The molecule has 3 N–H and O–H groups in total. The third-order valence-electron chi connectivity index (χ3n) is 0.185.